The predicted molar refractivity (Wildman–Crippen MR) is 154 cm³/mol. The number of fused-ring (bicyclic) bond motifs is 4. The summed E-state index contributed by atoms with van der Waals surface area (Å²) in [5.74, 6) is 6.51. The number of aliphatic hydroxyl groups excluding tert-OH is 1. The van der Waals surface area contributed by atoms with Gasteiger partial charge in [0.05, 0.1) is 25.2 Å². The van der Waals surface area contributed by atoms with Gasteiger partial charge in [0.15, 0.2) is 5.79 Å². The largest absolute Gasteiger partial charge is 0.846 e. The van der Waals surface area contributed by atoms with Crippen LogP contribution in [0.3, 0.4) is 0 Å². The molecule has 3 N–H and O–H groups in total. The fraction of sp³-hybridized carbons (Fsp3) is 0.697. The van der Waals surface area contributed by atoms with E-state index in [0.717, 1.165) is 49.7 Å². The van der Waals surface area contributed by atoms with Gasteiger partial charge < -0.3 is 25.4 Å². The van der Waals surface area contributed by atoms with Crippen LogP contribution in [0.1, 0.15) is 89.2 Å². The Kier molecular flexibility index (Phi) is 7.06. The summed E-state index contributed by atoms with van der Waals surface area (Å²) in [4.78, 5) is 0. The molecule has 5 nitrogen and oxygen atoms in total. The van der Waals surface area contributed by atoms with Gasteiger partial charge in [0.25, 0.3) is 0 Å². The predicted octanol–water partition coefficient (Wildman–Crippen LogP) is 4.52. The van der Waals surface area contributed by atoms with E-state index in [9.17, 15) is 10.2 Å². The zero-order valence-electron chi connectivity index (χ0n) is 23.7. The number of thiol groups is 1. The Morgan fingerprint density at radius 1 is 1.10 bits per heavy atom. The average Bonchev–Trinajstić information content (AvgIpc) is 3.26. The number of aliphatic hydroxyl groups is 1. The van der Waals surface area contributed by atoms with E-state index in [2.05, 4.69) is 69.5 Å². The highest BCUT2D eigenvalue weighted by Crippen LogP contribution is 2.67. The number of allylic oxidation sites excluding steroid dienone is 1. The molecule has 0 bridgehead atoms. The van der Waals surface area contributed by atoms with Gasteiger partial charge in [-0.3, -0.25) is 0 Å². The molecule has 212 valence electrons. The van der Waals surface area contributed by atoms with E-state index in [0.29, 0.717) is 44.4 Å². The van der Waals surface area contributed by atoms with E-state index in [-0.39, 0.29) is 22.7 Å². The second-order valence-corrected chi connectivity index (χ2v) is 14.5. The Balaban J connectivity index is 1.41. The molecule has 0 amide bonds. The highest BCUT2D eigenvalue weighted by Gasteiger charge is 2.59. The van der Waals surface area contributed by atoms with Gasteiger partial charge >= 0.3 is 0 Å². The number of benzene rings is 1. The normalized spacial score (nSPS) is 39.3. The monoisotopic (exact) mass is 550 g/mol. The van der Waals surface area contributed by atoms with Crippen LogP contribution in [0.15, 0.2) is 35.4 Å². The lowest BCUT2D eigenvalue weighted by atomic mass is 9.50. The van der Waals surface area contributed by atoms with Crippen molar-refractivity contribution in [1.29, 1.82) is 0 Å². The van der Waals surface area contributed by atoms with Crippen LogP contribution in [0.4, 0.5) is 0 Å². The molecule has 3 saturated carbocycles. The molecule has 1 aromatic carbocycles. The fourth-order valence-electron chi connectivity index (χ4n) is 9.00. The van der Waals surface area contributed by atoms with Gasteiger partial charge in [0.2, 0.25) is 0 Å². The lowest BCUT2D eigenvalue weighted by Gasteiger charge is -2.62. The summed E-state index contributed by atoms with van der Waals surface area (Å²) in [5.41, 5.74) is 8.52. The maximum atomic E-state index is 14.8. The highest BCUT2D eigenvalue weighted by atomic mass is 32.1. The van der Waals surface area contributed by atoms with E-state index in [1.54, 1.807) is 0 Å². The van der Waals surface area contributed by atoms with Gasteiger partial charge in [-0.1, -0.05) is 67.9 Å². The molecule has 7 atom stereocenters. The minimum atomic E-state index is -1.15. The number of hydrogen-bond acceptors (Lipinski definition) is 6. The van der Waals surface area contributed by atoms with Gasteiger partial charge in [0.1, 0.15) is 0 Å². The van der Waals surface area contributed by atoms with E-state index < -0.39 is 16.8 Å². The highest BCUT2D eigenvalue weighted by molar-refractivity contribution is 7.80. The third kappa shape index (κ3) is 4.72. The Labute approximate surface area is 239 Å². The summed E-state index contributed by atoms with van der Waals surface area (Å²) in [6, 6.07) is 8.56. The number of nitrogens with two attached hydrogens (primary N) is 1. The standard InChI is InChI=1S/C33H44NO4S/c1-30(2)19-37-33(38-20-30)15-13-26-28-23(12-14-32(26,36)18-33)25-10-11-27(29(35)39)31(25,3)17-24(28)22-8-6-21(7-9-22)5-4-16-34/h6-9,23-25,27,29,35,39H,10-20,34H2,1-3H3/q-1/t23?,24?,25?,27?,29-,31?,32?/m0/s1. The summed E-state index contributed by atoms with van der Waals surface area (Å²) in [7, 11) is 0. The maximum Gasteiger partial charge on any atom is 0.168 e. The molecule has 0 radical (unpaired) electrons. The minimum absolute atomic E-state index is 0.0153. The first kappa shape index (κ1) is 27.8. The summed E-state index contributed by atoms with van der Waals surface area (Å²) >= 11 is 4.54. The first-order chi connectivity index (χ1) is 18.5. The molecule has 4 aliphatic carbocycles. The minimum Gasteiger partial charge on any atom is -0.846 e. The van der Waals surface area contributed by atoms with Crippen LogP contribution in [0.25, 0.3) is 0 Å². The Morgan fingerprint density at radius 3 is 2.49 bits per heavy atom. The van der Waals surface area contributed by atoms with Crippen LogP contribution >= 0.6 is 12.6 Å². The lowest BCUT2D eigenvalue weighted by Crippen LogP contribution is -2.62. The quantitative estimate of drug-likeness (QED) is 0.218. The zero-order chi connectivity index (χ0) is 27.6. The van der Waals surface area contributed by atoms with Crippen molar-refractivity contribution in [2.45, 2.75) is 94.9 Å². The van der Waals surface area contributed by atoms with Crippen molar-refractivity contribution in [2.75, 3.05) is 19.8 Å². The molecule has 1 saturated heterocycles. The number of ether oxygens (including phenoxy) is 2. The van der Waals surface area contributed by atoms with Gasteiger partial charge in [-0.2, -0.15) is 0 Å². The van der Waals surface area contributed by atoms with Crippen LogP contribution in [0.2, 0.25) is 0 Å². The molecule has 0 aromatic heterocycles. The van der Waals surface area contributed by atoms with E-state index in [4.69, 9.17) is 15.2 Å². The molecule has 5 aliphatic rings. The number of rotatable bonds is 2. The molecule has 1 aromatic rings. The Bertz CT molecular complexity index is 1190. The summed E-state index contributed by atoms with van der Waals surface area (Å²) in [6.07, 6.45) is 6.46. The Morgan fingerprint density at radius 2 is 1.82 bits per heavy atom. The van der Waals surface area contributed by atoms with E-state index in [1.165, 1.54) is 11.1 Å². The van der Waals surface area contributed by atoms with Crippen molar-refractivity contribution in [3.8, 4) is 11.8 Å². The first-order valence-corrected chi connectivity index (χ1v) is 15.4. The van der Waals surface area contributed by atoms with Crippen molar-refractivity contribution in [1.82, 2.24) is 0 Å². The SMILES string of the molecule is CC1(C)COC2(CCC3=C4C(c5ccc(C#CCN)cc5)CC5(C)C(CCC5[C@@H](O)S)C4CCC3([O-])C2)OC1. The van der Waals surface area contributed by atoms with Crippen molar-refractivity contribution >= 4 is 12.6 Å². The molecule has 6 rings (SSSR count). The van der Waals surface area contributed by atoms with Crippen molar-refractivity contribution in [3.05, 3.63) is 46.5 Å². The van der Waals surface area contributed by atoms with Crippen LogP contribution in [-0.4, -0.2) is 41.7 Å². The molecule has 1 spiro atoms. The van der Waals surface area contributed by atoms with Crippen LogP contribution in [0.5, 0.6) is 0 Å². The smallest absolute Gasteiger partial charge is 0.168 e. The van der Waals surface area contributed by atoms with Crippen molar-refractivity contribution < 1.29 is 19.7 Å². The third-order valence-electron chi connectivity index (χ3n) is 10.9. The van der Waals surface area contributed by atoms with Crippen LogP contribution < -0.4 is 10.8 Å². The van der Waals surface area contributed by atoms with Crippen molar-refractivity contribution in [2.24, 2.45) is 34.3 Å². The molecule has 39 heavy (non-hydrogen) atoms. The van der Waals surface area contributed by atoms with Gasteiger partial charge in [-0.25, -0.2) is 0 Å². The van der Waals surface area contributed by atoms with E-state index >= 15 is 0 Å². The first-order valence-electron chi connectivity index (χ1n) is 14.9. The molecule has 6 unspecified atom stereocenters. The average molecular weight is 551 g/mol. The zero-order valence-corrected chi connectivity index (χ0v) is 24.6. The lowest BCUT2D eigenvalue weighted by molar-refractivity contribution is -0.491. The van der Waals surface area contributed by atoms with E-state index in [1.807, 2.05) is 0 Å². The summed E-state index contributed by atoms with van der Waals surface area (Å²) in [6.45, 7) is 8.29. The van der Waals surface area contributed by atoms with Crippen LogP contribution in [0, 0.1) is 40.4 Å². The molecule has 1 aliphatic heterocycles. The fourth-order valence-corrected chi connectivity index (χ4v) is 9.49. The van der Waals surface area contributed by atoms with Gasteiger partial charge in [-0.15, -0.1) is 12.6 Å². The van der Waals surface area contributed by atoms with Gasteiger partial charge in [0, 0.05) is 23.3 Å². The summed E-state index contributed by atoms with van der Waals surface area (Å²) in [5, 5.41) is 25.5. The van der Waals surface area contributed by atoms with Gasteiger partial charge in [-0.05, 0) is 79.4 Å². The third-order valence-corrected chi connectivity index (χ3v) is 11.3. The topological polar surface area (TPSA) is 87.8 Å². The molecular formula is C33H44NO4S-. The summed E-state index contributed by atoms with van der Waals surface area (Å²) < 4.78 is 12.7. The second kappa shape index (κ2) is 9.89. The number of hydrogen-bond donors (Lipinski definition) is 3. The molecule has 1 heterocycles. The molecular weight excluding hydrogens is 506 g/mol. The maximum absolute atomic E-state index is 14.8. The van der Waals surface area contributed by atoms with Crippen molar-refractivity contribution in [3.63, 3.8) is 0 Å². The van der Waals surface area contributed by atoms with Crippen LogP contribution in [-0.2, 0) is 9.47 Å². The molecule has 6 heteroatoms. The molecule has 4 fully saturated rings. The Hall–Kier alpha value is -1.33. The second-order valence-electron chi connectivity index (χ2n) is 14.0.